The first-order valence-electron chi connectivity index (χ1n) is 5.61. The number of carboxylic acid groups (broad SMARTS) is 1. The van der Waals surface area contributed by atoms with E-state index in [1.54, 1.807) is 6.92 Å². The summed E-state index contributed by atoms with van der Waals surface area (Å²) in [7, 11) is 0. The first-order valence-corrected chi connectivity index (χ1v) is 5.61. The van der Waals surface area contributed by atoms with Crippen molar-refractivity contribution in [2.45, 2.75) is 39.7 Å². The molecule has 1 amide bonds. The second kappa shape index (κ2) is 7.22. The molecule has 94 valence electrons. The number of hydrogen-bond acceptors (Lipinski definition) is 3. The Balaban J connectivity index is 4.28. The third-order valence-corrected chi connectivity index (χ3v) is 2.37. The molecule has 0 aromatic heterocycles. The van der Waals surface area contributed by atoms with Crippen LogP contribution in [0.2, 0.25) is 0 Å². The van der Waals surface area contributed by atoms with Crippen LogP contribution < -0.4 is 11.1 Å². The molecule has 5 heteroatoms. The molecule has 4 N–H and O–H groups in total. The predicted octanol–water partition coefficient (Wildman–Crippen LogP) is 0.587. The Hall–Kier alpha value is -1.10. The van der Waals surface area contributed by atoms with Crippen LogP contribution in [-0.4, -0.2) is 29.6 Å². The summed E-state index contributed by atoms with van der Waals surface area (Å²) in [5.41, 5.74) is 5.34. The van der Waals surface area contributed by atoms with Gasteiger partial charge in [-0.05, 0) is 25.3 Å². The lowest BCUT2D eigenvalue weighted by Gasteiger charge is -2.18. The first-order chi connectivity index (χ1) is 7.38. The van der Waals surface area contributed by atoms with Crippen LogP contribution in [0.25, 0.3) is 0 Å². The van der Waals surface area contributed by atoms with Crippen molar-refractivity contribution in [1.82, 2.24) is 5.32 Å². The zero-order chi connectivity index (χ0) is 12.7. The maximum Gasteiger partial charge on any atom is 0.326 e. The molecule has 2 unspecified atom stereocenters. The van der Waals surface area contributed by atoms with Crippen LogP contribution in [0.1, 0.15) is 33.6 Å². The normalized spacial score (nSPS) is 14.6. The molecule has 0 bridgehead atoms. The zero-order valence-corrected chi connectivity index (χ0v) is 10.2. The molecule has 5 nitrogen and oxygen atoms in total. The molecular formula is C11H22N2O3. The summed E-state index contributed by atoms with van der Waals surface area (Å²) in [4.78, 5) is 22.5. The average molecular weight is 230 g/mol. The van der Waals surface area contributed by atoms with Crippen molar-refractivity contribution in [1.29, 1.82) is 0 Å². The molecule has 2 atom stereocenters. The highest BCUT2D eigenvalue weighted by atomic mass is 16.4. The van der Waals surface area contributed by atoms with Gasteiger partial charge in [0.15, 0.2) is 0 Å². The van der Waals surface area contributed by atoms with E-state index in [-0.39, 0.29) is 17.7 Å². The lowest BCUT2D eigenvalue weighted by Crippen LogP contribution is -2.44. The SMILES string of the molecule is CC(C)CC(NC(=O)C(C)CCN)C(=O)O. The fraction of sp³-hybridized carbons (Fsp3) is 0.818. The van der Waals surface area contributed by atoms with Gasteiger partial charge in [0.25, 0.3) is 0 Å². The standard InChI is InChI=1S/C11H22N2O3/c1-7(2)6-9(11(15)16)13-10(14)8(3)4-5-12/h7-9H,4-6,12H2,1-3H3,(H,13,14)(H,15,16). The third-order valence-electron chi connectivity index (χ3n) is 2.37. The third kappa shape index (κ3) is 5.70. The largest absolute Gasteiger partial charge is 0.480 e. The van der Waals surface area contributed by atoms with E-state index >= 15 is 0 Å². The summed E-state index contributed by atoms with van der Waals surface area (Å²) in [5, 5.41) is 11.5. The van der Waals surface area contributed by atoms with Crippen LogP contribution in [0.5, 0.6) is 0 Å². The van der Waals surface area contributed by atoms with Crippen LogP contribution in [0.3, 0.4) is 0 Å². The van der Waals surface area contributed by atoms with Crippen molar-refractivity contribution >= 4 is 11.9 Å². The molecule has 0 saturated heterocycles. The molecule has 0 aromatic rings. The lowest BCUT2D eigenvalue weighted by molar-refractivity contribution is -0.142. The van der Waals surface area contributed by atoms with Crippen molar-refractivity contribution in [3.63, 3.8) is 0 Å². The van der Waals surface area contributed by atoms with Gasteiger partial charge in [-0.15, -0.1) is 0 Å². The molecule has 0 fully saturated rings. The highest BCUT2D eigenvalue weighted by Crippen LogP contribution is 2.07. The summed E-state index contributed by atoms with van der Waals surface area (Å²) in [6.07, 6.45) is 1.01. The number of carbonyl (C=O) groups excluding carboxylic acids is 1. The molecule has 0 aromatic carbocycles. The topological polar surface area (TPSA) is 92.4 Å². The summed E-state index contributed by atoms with van der Waals surface area (Å²) in [6, 6.07) is -0.798. The highest BCUT2D eigenvalue weighted by molar-refractivity contribution is 5.84. The van der Waals surface area contributed by atoms with Gasteiger partial charge in [0.05, 0.1) is 0 Å². The van der Waals surface area contributed by atoms with Crippen molar-refractivity contribution < 1.29 is 14.7 Å². The van der Waals surface area contributed by atoms with Gasteiger partial charge in [0.2, 0.25) is 5.91 Å². The molecule has 0 rings (SSSR count). The van der Waals surface area contributed by atoms with E-state index in [9.17, 15) is 9.59 Å². The predicted molar refractivity (Wildman–Crippen MR) is 61.9 cm³/mol. The molecular weight excluding hydrogens is 208 g/mol. The second-order valence-electron chi connectivity index (χ2n) is 4.51. The van der Waals surface area contributed by atoms with E-state index in [0.717, 1.165) is 0 Å². The monoisotopic (exact) mass is 230 g/mol. The summed E-state index contributed by atoms with van der Waals surface area (Å²) < 4.78 is 0. The van der Waals surface area contributed by atoms with Gasteiger partial charge in [0.1, 0.15) is 6.04 Å². The number of hydrogen-bond donors (Lipinski definition) is 3. The Bertz CT molecular complexity index is 241. The van der Waals surface area contributed by atoms with E-state index < -0.39 is 12.0 Å². The minimum absolute atomic E-state index is 0.228. The zero-order valence-electron chi connectivity index (χ0n) is 10.2. The van der Waals surface area contributed by atoms with E-state index in [1.165, 1.54) is 0 Å². The molecule has 0 saturated carbocycles. The number of amides is 1. The van der Waals surface area contributed by atoms with Gasteiger partial charge in [-0.3, -0.25) is 4.79 Å². The van der Waals surface area contributed by atoms with Crippen molar-refractivity contribution in [3.05, 3.63) is 0 Å². The second-order valence-corrected chi connectivity index (χ2v) is 4.51. The van der Waals surface area contributed by atoms with Gasteiger partial charge >= 0.3 is 5.97 Å². The van der Waals surface area contributed by atoms with E-state index in [4.69, 9.17) is 10.8 Å². The molecule has 0 radical (unpaired) electrons. The quantitative estimate of drug-likeness (QED) is 0.596. The Morgan fingerprint density at radius 1 is 1.31 bits per heavy atom. The number of rotatable bonds is 7. The average Bonchev–Trinajstić information content (AvgIpc) is 2.16. The number of aliphatic carboxylic acids is 1. The van der Waals surface area contributed by atoms with Crippen molar-refractivity contribution in [3.8, 4) is 0 Å². The summed E-state index contributed by atoms with van der Waals surface area (Å²) >= 11 is 0. The van der Waals surface area contributed by atoms with Crippen molar-refractivity contribution in [2.24, 2.45) is 17.6 Å². The number of nitrogens with two attached hydrogens (primary N) is 1. The summed E-state index contributed by atoms with van der Waals surface area (Å²) in [5.74, 6) is -1.23. The van der Waals surface area contributed by atoms with Crippen LogP contribution in [0, 0.1) is 11.8 Å². The van der Waals surface area contributed by atoms with Gasteiger partial charge in [0, 0.05) is 5.92 Å². The molecule has 0 heterocycles. The molecule has 0 aliphatic rings. The fourth-order valence-electron chi connectivity index (χ4n) is 1.39. The Kier molecular flexibility index (Phi) is 6.72. The van der Waals surface area contributed by atoms with E-state index in [1.807, 2.05) is 13.8 Å². The van der Waals surface area contributed by atoms with Crippen molar-refractivity contribution in [2.75, 3.05) is 6.54 Å². The minimum Gasteiger partial charge on any atom is -0.480 e. The van der Waals surface area contributed by atoms with Gasteiger partial charge in [-0.2, -0.15) is 0 Å². The maximum absolute atomic E-state index is 11.6. The number of nitrogens with one attached hydrogen (secondary N) is 1. The lowest BCUT2D eigenvalue weighted by atomic mass is 10.0. The molecule has 0 aliphatic carbocycles. The van der Waals surface area contributed by atoms with Crippen LogP contribution in [0.15, 0.2) is 0 Å². The smallest absolute Gasteiger partial charge is 0.326 e. The van der Waals surface area contributed by atoms with E-state index in [2.05, 4.69) is 5.32 Å². The Morgan fingerprint density at radius 2 is 1.88 bits per heavy atom. The molecule has 0 aliphatic heterocycles. The van der Waals surface area contributed by atoms with Crippen LogP contribution in [-0.2, 0) is 9.59 Å². The number of carboxylic acids is 1. The first kappa shape index (κ1) is 14.9. The molecule has 16 heavy (non-hydrogen) atoms. The van der Waals surface area contributed by atoms with Gasteiger partial charge in [-0.1, -0.05) is 20.8 Å². The minimum atomic E-state index is -0.984. The molecule has 0 spiro atoms. The Labute approximate surface area is 96.4 Å². The highest BCUT2D eigenvalue weighted by Gasteiger charge is 2.23. The maximum atomic E-state index is 11.6. The Morgan fingerprint density at radius 3 is 2.25 bits per heavy atom. The van der Waals surface area contributed by atoms with E-state index in [0.29, 0.717) is 19.4 Å². The number of carbonyl (C=O) groups is 2. The summed E-state index contributed by atoms with van der Waals surface area (Å²) in [6.45, 7) is 6.02. The van der Waals surface area contributed by atoms with Gasteiger partial charge < -0.3 is 16.2 Å². The van der Waals surface area contributed by atoms with Gasteiger partial charge in [-0.25, -0.2) is 4.79 Å². The van der Waals surface area contributed by atoms with Crippen LogP contribution >= 0.6 is 0 Å². The fourth-order valence-corrected chi connectivity index (χ4v) is 1.39. The van der Waals surface area contributed by atoms with Crippen LogP contribution in [0.4, 0.5) is 0 Å².